The first-order valence-electron chi connectivity index (χ1n) is 45.2. The number of nitrogens with one attached hydrogen (secondary N) is 4. The van der Waals surface area contributed by atoms with Gasteiger partial charge in [0.25, 0.3) is 11.8 Å². The number of hydrogen-bond acceptors (Lipinski definition) is 30. The van der Waals surface area contributed by atoms with Crippen molar-refractivity contribution in [3.05, 3.63) is 257 Å². The molecule has 696 valence electrons. The van der Waals surface area contributed by atoms with E-state index in [0.717, 1.165) is 204 Å². The van der Waals surface area contributed by atoms with Crippen molar-refractivity contribution in [3.63, 3.8) is 0 Å². The number of fused-ring (bicyclic) bond motifs is 4. The summed E-state index contributed by atoms with van der Waals surface area (Å²) in [4.78, 5) is 44.4. The normalized spacial score (nSPS) is 18.3. The summed E-state index contributed by atoms with van der Waals surface area (Å²) in [5.41, 5.74) is 7.33. The number of anilines is 7. The molecule has 1 amide bonds. The highest BCUT2D eigenvalue weighted by atomic mass is 32.1. The van der Waals surface area contributed by atoms with E-state index >= 15 is 0 Å². The molecule has 12 aromatic heterocycles. The highest BCUT2D eigenvalue weighted by Gasteiger charge is 2.37. The zero-order chi connectivity index (χ0) is 92.4. The van der Waals surface area contributed by atoms with Gasteiger partial charge in [-0.05, 0) is 199 Å². The van der Waals surface area contributed by atoms with Gasteiger partial charge >= 0.3 is 0 Å². The fraction of sp³-hybridized carbons (Fsp3) is 0.323. The maximum Gasteiger partial charge on any atom is 0.257 e. The summed E-state index contributed by atoms with van der Waals surface area (Å²) < 4.78 is 126. The Labute approximate surface area is 783 Å². The molecule has 32 nitrogen and oxygen atoms in total. The Kier molecular flexibility index (Phi) is 25.5. The predicted molar refractivity (Wildman–Crippen MR) is 499 cm³/mol. The van der Waals surface area contributed by atoms with Gasteiger partial charge in [-0.3, -0.25) is 10.1 Å². The lowest BCUT2D eigenvalue weighted by molar-refractivity contribution is 0.102. The number of piperazine rings is 1. The molecule has 17 aromatic rings. The number of carbonyl (C=O) groups excluding carboxylic acids is 1. The Morgan fingerprint density at radius 3 is 1.15 bits per heavy atom. The quantitative estimate of drug-likeness (QED) is 0.0615. The van der Waals surface area contributed by atoms with Gasteiger partial charge in [0.05, 0.1) is 65.6 Å². The Bertz CT molecular complexity index is 6950. The van der Waals surface area contributed by atoms with Gasteiger partial charge in [-0.25, -0.2) is 73.1 Å². The average Bonchev–Trinajstić information content (AvgIpc) is 1.63. The van der Waals surface area contributed by atoms with Gasteiger partial charge in [0.2, 0.25) is 21.3 Å². The second kappa shape index (κ2) is 39.1. The monoisotopic (exact) mass is 1900 g/mol. The van der Waals surface area contributed by atoms with Crippen LogP contribution in [-0.4, -0.2) is 197 Å². The number of piperidine rings is 1. The molecule has 0 radical (unpaired) electrons. The first kappa shape index (κ1) is 88.6. The Morgan fingerprint density at radius 1 is 0.360 bits per heavy atom. The van der Waals surface area contributed by atoms with Crippen molar-refractivity contribution in [3.8, 4) is 43.2 Å². The van der Waals surface area contributed by atoms with Gasteiger partial charge in [-0.15, -0.1) is 40.8 Å². The van der Waals surface area contributed by atoms with Crippen molar-refractivity contribution >= 4 is 101 Å². The van der Waals surface area contributed by atoms with Crippen molar-refractivity contribution in [2.24, 2.45) is 0 Å². The van der Waals surface area contributed by atoms with E-state index in [1.54, 1.807) is 73.3 Å². The van der Waals surface area contributed by atoms with Crippen molar-refractivity contribution in [2.45, 2.75) is 101 Å². The summed E-state index contributed by atoms with van der Waals surface area (Å²) in [6.07, 6.45) is 23.4. The third-order valence-electron chi connectivity index (χ3n) is 25.4. The lowest BCUT2D eigenvalue weighted by Crippen LogP contribution is -2.43. The molecule has 0 saturated carbocycles. The molecule has 24 rings (SSSR count). The van der Waals surface area contributed by atoms with E-state index in [-0.39, 0.29) is 36.0 Å². The number of hydrogen-bond donors (Lipinski definition) is 4. The van der Waals surface area contributed by atoms with Crippen molar-refractivity contribution in [1.82, 2.24) is 115 Å². The summed E-state index contributed by atoms with van der Waals surface area (Å²) in [5, 5.41) is 69.2. The fourth-order valence-electron chi connectivity index (χ4n) is 18.7. The van der Waals surface area contributed by atoms with E-state index in [1.165, 1.54) is 76.5 Å². The van der Waals surface area contributed by atoms with Crippen LogP contribution >= 0.6 is 34.0 Å². The van der Waals surface area contributed by atoms with Gasteiger partial charge < -0.3 is 49.8 Å². The molecule has 0 unspecified atom stereocenters. The van der Waals surface area contributed by atoms with Gasteiger partial charge in [0.15, 0.2) is 37.6 Å². The van der Waals surface area contributed by atoms with Crippen LogP contribution in [0.4, 0.5) is 73.8 Å². The lowest BCUT2D eigenvalue weighted by Gasteiger charge is -2.26. The van der Waals surface area contributed by atoms with E-state index in [4.69, 9.17) is 24.4 Å². The van der Waals surface area contributed by atoms with Crippen LogP contribution in [0.3, 0.4) is 0 Å². The van der Waals surface area contributed by atoms with Crippen molar-refractivity contribution < 1.29 is 44.3 Å². The molecule has 0 aliphatic carbocycles. The molecule has 43 heteroatoms. The Balaban J connectivity index is 0.000000109. The Morgan fingerprint density at radius 2 is 0.728 bits per heavy atom. The molecule has 7 fully saturated rings. The maximum atomic E-state index is 14.5. The van der Waals surface area contributed by atoms with Crippen LogP contribution in [0.1, 0.15) is 139 Å². The van der Waals surface area contributed by atoms with Crippen LogP contribution in [0.15, 0.2) is 181 Å². The number of aromatic nitrogens is 20. The average molecular weight is 1910 g/mol. The highest BCUT2D eigenvalue weighted by molar-refractivity contribution is 7.19. The highest BCUT2D eigenvalue weighted by Crippen LogP contribution is 2.45. The van der Waals surface area contributed by atoms with Crippen LogP contribution in [0.25, 0.3) is 65.8 Å². The summed E-state index contributed by atoms with van der Waals surface area (Å²) >= 11 is 4.28. The molecule has 0 bridgehead atoms. The number of amides is 1. The van der Waals surface area contributed by atoms with Gasteiger partial charge in [0, 0.05) is 131 Å². The standard InChI is InChI=1S/C25H19F2N7OS.C23H24F2N8S.C23H23F2N7O.C22H22F2N8S/c26-16-8-9-19(27)17(13-16)20-7-4-11-33(20)21-10-12-34-22(29-21)18(14-28-34)24-31-32-25(36-24)30-23(35)15-5-2-1-3-6-15;24-15-4-5-18(25)16(13-15)19-3-1-10-32(19)20-6-11-33-21(28-20)17(14-27-33)22-29-30-23(34-22)31-9-2-7-26-8-12-31;24-15-3-4-18(25)16(12-15)19-2-1-10-31(19)20-7-11-32-21(28-20)17(13-27-32)23-30-29-22(33-23)14-5-8-26-9-6-14;23-14-3-4-17(24)15(12-14)18-2-1-8-31(18)19-5-9-32-20(27-19)16(13-26-32)21-28-29-22(33-21)30-10-6-25-7-11-30/h1-3,5-6,8-10,12-14,20H,4,7,11H2,(H,30,32,35);4-6,11,13-14,19,26H,1-3,7-10,12H2;3-4,7,11-14,19,26H,1-2,5-6,8-10H2;3-5,9,12-13,18,25H,1-2,6-8,10-11H2/t20-;2*19-;18-/m1111/s1. The number of nitrogens with zero attached hydrogens (tertiary/aromatic N) is 26. The van der Waals surface area contributed by atoms with Crippen LogP contribution in [0.2, 0.25) is 0 Å². The molecule has 7 aliphatic heterocycles. The zero-order valence-corrected chi connectivity index (χ0v) is 75.4. The minimum absolute atomic E-state index is 0.254. The van der Waals surface area contributed by atoms with Crippen molar-refractivity contribution in [2.75, 3.05) is 126 Å². The molecule has 0 spiro atoms. The SMILES string of the molecule is Fc1ccc(F)c([C@H]2CCCN2c2ccn3ncc(-c4nnc(C5CCNCC5)o4)c3n2)c1.Fc1ccc(F)c([C@H]2CCCN2c2ccn3ncc(-c4nnc(N5CCCNCC5)s4)c3n2)c1.Fc1ccc(F)c([C@H]2CCCN2c2ccn3ncc(-c4nnc(N5CCNCC5)s4)c3n2)c1.O=C(Nc1nnc(-c2cnn3ccc(N4CCC[C@@H]4c4cc(F)ccc4F)nc23)s1)c1ccccc1. The molecule has 4 N–H and O–H groups in total. The first-order valence-corrected chi connectivity index (χ1v) is 47.6. The molecule has 5 aromatic carbocycles. The maximum absolute atomic E-state index is 14.5. The number of halogens is 8. The predicted octanol–water partition coefficient (Wildman–Crippen LogP) is 15.9. The van der Waals surface area contributed by atoms with E-state index in [0.29, 0.717) is 126 Å². The fourth-order valence-corrected chi connectivity index (χ4v) is 21.3. The van der Waals surface area contributed by atoms with Crippen molar-refractivity contribution in [1.29, 1.82) is 0 Å². The number of benzene rings is 5. The summed E-state index contributed by atoms with van der Waals surface area (Å²) in [6.45, 7) is 12.1. The molecule has 4 atom stereocenters. The molecular formula is C93H88F8N30O2S3. The number of carbonyl (C=O) groups is 1. The minimum Gasteiger partial charge on any atom is -0.420 e. The molecule has 7 aliphatic rings. The number of rotatable bonds is 17. The smallest absolute Gasteiger partial charge is 0.257 e. The van der Waals surface area contributed by atoms with Crippen LogP contribution in [-0.2, 0) is 0 Å². The van der Waals surface area contributed by atoms with Gasteiger partial charge in [-0.2, -0.15) is 20.4 Å². The zero-order valence-electron chi connectivity index (χ0n) is 73.0. The van der Waals surface area contributed by atoms with E-state index in [9.17, 15) is 39.9 Å². The largest absolute Gasteiger partial charge is 0.420 e. The second-order valence-corrected chi connectivity index (χ2v) is 36.7. The Hall–Kier alpha value is -14.0. The third-order valence-corrected chi connectivity index (χ3v) is 28.3. The van der Waals surface area contributed by atoms with Gasteiger partial charge in [-0.1, -0.05) is 52.2 Å². The third kappa shape index (κ3) is 18.5. The molecule has 136 heavy (non-hydrogen) atoms. The minimum atomic E-state index is -0.467. The molecular weight excluding hydrogens is 1820 g/mol. The lowest BCUT2D eigenvalue weighted by atomic mass is 9.98. The van der Waals surface area contributed by atoms with E-state index in [2.05, 4.69) is 92.3 Å². The molecule has 7 saturated heterocycles. The first-order chi connectivity index (χ1) is 66.6. The van der Waals surface area contributed by atoms with Crippen LogP contribution < -0.4 is 50.7 Å². The topological polar surface area (TPSA) is 322 Å². The summed E-state index contributed by atoms with van der Waals surface area (Å²) in [7, 11) is 0. The van der Waals surface area contributed by atoms with E-state index in [1.807, 2.05) is 68.5 Å². The van der Waals surface area contributed by atoms with Crippen LogP contribution in [0, 0.1) is 46.5 Å². The van der Waals surface area contributed by atoms with E-state index < -0.39 is 46.5 Å². The molecule has 19 heterocycles. The second-order valence-electron chi connectivity index (χ2n) is 33.8. The summed E-state index contributed by atoms with van der Waals surface area (Å²) in [5.74, 6) is 0.336. The summed E-state index contributed by atoms with van der Waals surface area (Å²) in [6, 6.07) is 29.5. The van der Waals surface area contributed by atoms with Gasteiger partial charge in [0.1, 0.15) is 75.4 Å². The van der Waals surface area contributed by atoms with Crippen LogP contribution in [0.5, 0.6) is 0 Å².